The minimum absolute atomic E-state index is 0.0507. The number of halogens is 1. The molecule has 0 aliphatic rings. The van der Waals surface area contributed by atoms with E-state index in [-0.39, 0.29) is 18.1 Å². The molecule has 4 aromatic rings. The Balaban J connectivity index is 1.58. The van der Waals surface area contributed by atoms with Crippen molar-refractivity contribution >= 4 is 17.3 Å². The number of rotatable bonds is 6. The van der Waals surface area contributed by atoms with Gasteiger partial charge in [0.1, 0.15) is 11.5 Å². The molecule has 6 nitrogen and oxygen atoms in total. The molecular formula is C29H24FN5O. The van der Waals surface area contributed by atoms with Crippen LogP contribution < -0.4 is 5.32 Å². The second kappa shape index (κ2) is 10.2. The zero-order valence-electron chi connectivity index (χ0n) is 20.3. The van der Waals surface area contributed by atoms with Crippen LogP contribution in [0.15, 0.2) is 60.8 Å². The molecule has 0 aliphatic heterocycles. The van der Waals surface area contributed by atoms with Crippen LogP contribution in [0.3, 0.4) is 0 Å². The van der Waals surface area contributed by atoms with Gasteiger partial charge in [-0.15, -0.1) is 0 Å². The summed E-state index contributed by atoms with van der Waals surface area (Å²) in [6.45, 7) is 21.2. The summed E-state index contributed by atoms with van der Waals surface area (Å²) in [5.41, 5.74) is 6.82. The Kier molecular flexibility index (Phi) is 6.94. The first-order valence-corrected chi connectivity index (χ1v) is 11.4. The van der Waals surface area contributed by atoms with Gasteiger partial charge in [0, 0.05) is 41.8 Å². The molecule has 178 valence electrons. The van der Waals surface area contributed by atoms with Gasteiger partial charge in [0.15, 0.2) is 5.69 Å². The molecule has 0 saturated heterocycles. The van der Waals surface area contributed by atoms with Gasteiger partial charge in [0.05, 0.1) is 13.1 Å². The highest BCUT2D eigenvalue weighted by Crippen LogP contribution is 2.40. The van der Waals surface area contributed by atoms with Crippen molar-refractivity contribution in [1.82, 2.24) is 14.9 Å². The molecule has 7 heteroatoms. The predicted octanol–water partition coefficient (Wildman–Crippen LogP) is 6.69. The number of nitrogens with one attached hydrogen (secondary N) is 1. The lowest BCUT2D eigenvalue weighted by atomic mass is 10.0. The van der Waals surface area contributed by atoms with Crippen molar-refractivity contribution in [2.45, 2.75) is 33.9 Å². The number of carbonyl (C=O) groups is 1. The van der Waals surface area contributed by atoms with Gasteiger partial charge < -0.3 is 9.88 Å². The third-order valence-corrected chi connectivity index (χ3v) is 6.26. The van der Waals surface area contributed by atoms with Crippen molar-refractivity contribution < 1.29 is 9.18 Å². The second-order valence-electron chi connectivity index (χ2n) is 8.53. The largest absolute Gasteiger partial charge is 0.355 e. The quantitative estimate of drug-likeness (QED) is 0.314. The summed E-state index contributed by atoms with van der Waals surface area (Å²) in [7, 11) is 0. The van der Waals surface area contributed by atoms with Crippen LogP contribution in [-0.2, 0) is 13.1 Å². The normalized spacial score (nSPS) is 10.5. The van der Waals surface area contributed by atoms with Crippen LogP contribution >= 0.6 is 0 Å². The standard InChI is InChI=1S/C29H24FN5O/c1-18-14-22(11-12-25(18)31-4)27-19(2)35(20(3)28(27)32-5)17-21-9-10-23(24(30)15-21)16-34-29(36)26-8-6-7-13-33-26/h6-15H,16-17H2,1-3H3,(H,34,36). The molecule has 4 rings (SSSR count). The summed E-state index contributed by atoms with van der Waals surface area (Å²) in [6, 6.07) is 15.6. The molecule has 2 heterocycles. The highest BCUT2D eigenvalue weighted by molar-refractivity contribution is 5.92. The predicted molar refractivity (Wildman–Crippen MR) is 138 cm³/mol. The van der Waals surface area contributed by atoms with Crippen LogP contribution in [0.25, 0.3) is 20.8 Å². The van der Waals surface area contributed by atoms with E-state index in [2.05, 4.69) is 20.0 Å². The molecule has 0 atom stereocenters. The van der Waals surface area contributed by atoms with Crippen LogP contribution in [-0.4, -0.2) is 15.5 Å². The van der Waals surface area contributed by atoms with Gasteiger partial charge in [-0.1, -0.05) is 36.4 Å². The number of carbonyl (C=O) groups excluding carboxylic acids is 1. The zero-order valence-corrected chi connectivity index (χ0v) is 20.3. The molecule has 2 aromatic carbocycles. The number of nitrogens with zero attached hydrogens (tertiary/aromatic N) is 4. The van der Waals surface area contributed by atoms with Crippen molar-refractivity contribution in [1.29, 1.82) is 0 Å². The van der Waals surface area contributed by atoms with Crippen LogP contribution in [0.2, 0.25) is 0 Å². The molecule has 0 saturated carbocycles. The van der Waals surface area contributed by atoms with Gasteiger partial charge in [0.2, 0.25) is 5.69 Å². The monoisotopic (exact) mass is 477 g/mol. The summed E-state index contributed by atoms with van der Waals surface area (Å²) in [5.74, 6) is -0.774. The van der Waals surface area contributed by atoms with E-state index in [9.17, 15) is 9.18 Å². The smallest absolute Gasteiger partial charge is 0.270 e. The first-order chi connectivity index (χ1) is 17.3. The molecule has 0 spiro atoms. The van der Waals surface area contributed by atoms with E-state index in [1.807, 2.05) is 43.5 Å². The lowest BCUT2D eigenvalue weighted by molar-refractivity contribution is 0.0945. The Morgan fingerprint density at radius 3 is 2.47 bits per heavy atom. The lowest BCUT2D eigenvalue weighted by Crippen LogP contribution is -2.24. The topological polar surface area (TPSA) is 55.6 Å². The second-order valence-corrected chi connectivity index (χ2v) is 8.53. The fourth-order valence-corrected chi connectivity index (χ4v) is 4.30. The molecule has 0 aliphatic carbocycles. The number of aryl methyl sites for hydroxylation is 1. The molecular weight excluding hydrogens is 453 g/mol. The van der Waals surface area contributed by atoms with E-state index < -0.39 is 5.82 Å². The van der Waals surface area contributed by atoms with Gasteiger partial charge in [-0.25, -0.2) is 14.1 Å². The van der Waals surface area contributed by atoms with Crippen molar-refractivity contribution in [3.8, 4) is 11.1 Å². The fourth-order valence-electron chi connectivity index (χ4n) is 4.30. The summed E-state index contributed by atoms with van der Waals surface area (Å²) < 4.78 is 16.9. The maximum absolute atomic E-state index is 14.9. The van der Waals surface area contributed by atoms with E-state index in [4.69, 9.17) is 13.1 Å². The van der Waals surface area contributed by atoms with E-state index in [0.717, 1.165) is 33.6 Å². The SMILES string of the molecule is [C-]#[N+]c1ccc(-c2c([N+]#[C-])c(C)n(Cc3ccc(CNC(=O)c4ccccn4)c(F)c3)c2C)cc1C. The highest BCUT2D eigenvalue weighted by atomic mass is 19.1. The molecule has 0 bridgehead atoms. The number of hydrogen-bond donors (Lipinski definition) is 1. The van der Waals surface area contributed by atoms with Gasteiger partial charge in [-0.2, -0.15) is 0 Å². The van der Waals surface area contributed by atoms with Crippen molar-refractivity contribution in [3.63, 3.8) is 0 Å². The van der Waals surface area contributed by atoms with E-state index in [0.29, 0.717) is 23.5 Å². The van der Waals surface area contributed by atoms with Gasteiger partial charge in [-0.05, 0) is 55.7 Å². The Morgan fingerprint density at radius 2 is 1.83 bits per heavy atom. The third-order valence-electron chi connectivity index (χ3n) is 6.26. The summed E-state index contributed by atoms with van der Waals surface area (Å²) in [4.78, 5) is 23.5. The van der Waals surface area contributed by atoms with Gasteiger partial charge in [-0.3, -0.25) is 9.78 Å². The fraction of sp³-hybridized carbons (Fsp3) is 0.172. The van der Waals surface area contributed by atoms with Crippen LogP contribution in [0.5, 0.6) is 0 Å². The average Bonchev–Trinajstić information content (AvgIpc) is 3.12. The Morgan fingerprint density at radius 1 is 1.03 bits per heavy atom. The van der Waals surface area contributed by atoms with Crippen molar-refractivity contribution in [2.75, 3.05) is 0 Å². The maximum atomic E-state index is 14.9. The number of aromatic nitrogens is 2. The number of amides is 1. The molecule has 0 radical (unpaired) electrons. The van der Waals surface area contributed by atoms with Crippen molar-refractivity contribution in [3.05, 3.63) is 123 Å². The summed E-state index contributed by atoms with van der Waals surface area (Å²) >= 11 is 0. The molecule has 36 heavy (non-hydrogen) atoms. The van der Waals surface area contributed by atoms with Crippen molar-refractivity contribution in [2.24, 2.45) is 0 Å². The summed E-state index contributed by atoms with van der Waals surface area (Å²) in [5, 5.41) is 2.69. The average molecular weight is 478 g/mol. The summed E-state index contributed by atoms with van der Waals surface area (Å²) in [6.07, 6.45) is 1.53. The van der Waals surface area contributed by atoms with Crippen LogP contribution in [0.1, 0.15) is 38.6 Å². The Bertz CT molecular complexity index is 1540. The molecule has 0 unspecified atom stereocenters. The maximum Gasteiger partial charge on any atom is 0.270 e. The number of pyridine rings is 1. The minimum Gasteiger partial charge on any atom is -0.355 e. The highest BCUT2D eigenvalue weighted by Gasteiger charge is 2.20. The van der Waals surface area contributed by atoms with Crippen LogP contribution in [0, 0.1) is 39.7 Å². The Labute approximate surface area is 209 Å². The van der Waals surface area contributed by atoms with Gasteiger partial charge >= 0.3 is 0 Å². The number of benzene rings is 2. The first kappa shape index (κ1) is 24.4. The molecule has 1 amide bonds. The van der Waals surface area contributed by atoms with Crippen LogP contribution in [0.4, 0.5) is 15.8 Å². The van der Waals surface area contributed by atoms with Gasteiger partial charge in [0.25, 0.3) is 5.91 Å². The molecule has 1 N–H and O–H groups in total. The minimum atomic E-state index is -0.410. The molecule has 0 fully saturated rings. The van der Waals surface area contributed by atoms with E-state index >= 15 is 0 Å². The Hall–Kier alpha value is -4.75. The van der Waals surface area contributed by atoms with E-state index in [1.54, 1.807) is 30.3 Å². The lowest BCUT2D eigenvalue weighted by Gasteiger charge is -2.13. The third kappa shape index (κ3) is 4.73. The first-order valence-electron chi connectivity index (χ1n) is 11.4. The zero-order chi connectivity index (χ0) is 25.8. The van der Waals surface area contributed by atoms with E-state index in [1.165, 1.54) is 12.3 Å². The molecule has 2 aromatic heterocycles. The number of hydrogen-bond acceptors (Lipinski definition) is 2.